The summed E-state index contributed by atoms with van der Waals surface area (Å²) < 4.78 is 4.89. The lowest BCUT2D eigenvalue weighted by atomic mass is 10.1. The van der Waals surface area contributed by atoms with Gasteiger partial charge in [0, 0.05) is 19.2 Å². The molecule has 1 N–H and O–H groups in total. The molecule has 0 fully saturated rings. The number of ether oxygens (including phenoxy) is 1. The SMILES string of the molecule is C=c1cc(C)c(C(=O)NCCOC)c/c1=C/C. The van der Waals surface area contributed by atoms with Crippen molar-refractivity contribution >= 4 is 18.6 Å². The third kappa shape index (κ3) is 3.43. The van der Waals surface area contributed by atoms with Crippen LogP contribution in [-0.4, -0.2) is 26.2 Å². The van der Waals surface area contributed by atoms with Crippen LogP contribution in [0.15, 0.2) is 12.1 Å². The molecule has 3 nitrogen and oxygen atoms in total. The molecule has 0 aliphatic heterocycles. The van der Waals surface area contributed by atoms with Gasteiger partial charge in [-0.1, -0.05) is 18.7 Å². The van der Waals surface area contributed by atoms with E-state index in [0.29, 0.717) is 18.7 Å². The quantitative estimate of drug-likeness (QED) is 0.773. The van der Waals surface area contributed by atoms with E-state index < -0.39 is 0 Å². The maximum absolute atomic E-state index is 11.9. The summed E-state index contributed by atoms with van der Waals surface area (Å²) in [6.07, 6.45) is 1.95. The largest absolute Gasteiger partial charge is 0.383 e. The van der Waals surface area contributed by atoms with Gasteiger partial charge in [-0.25, -0.2) is 0 Å². The number of benzene rings is 1. The summed E-state index contributed by atoms with van der Waals surface area (Å²) in [6, 6.07) is 3.81. The molecule has 1 rings (SSSR count). The average Bonchev–Trinajstić information content (AvgIpc) is 2.29. The fraction of sp³-hybridized carbons (Fsp3) is 0.357. The highest BCUT2D eigenvalue weighted by Crippen LogP contribution is 2.01. The van der Waals surface area contributed by atoms with Gasteiger partial charge in [0.1, 0.15) is 0 Å². The lowest BCUT2D eigenvalue weighted by Crippen LogP contribution is -2.31. The first-order chi connectivity index (χ1) is 8.10. The first-order valence-corrected chi connectivity index (χ1v) is 5.63. The van der Waals surface area contributed by atoms with Crippen molar-refractivity contribution in [3.8, 4) is 0 Å². The monoisotopic (exact) mass is 233 g/mol. The summed E-state index contributed by atoms with van der Waals surface area (Å²) in [5, 5.41) is 4.75. The molecular weight excluding hydrogens is 214 g/mol. The van der Waals surface area contributed by atoms with E-state index in [1.54, 1.807) is 7.11 Å². The molecule has 0 heterocycles. The Balaban J connectivity index is 2.98. The number of methoxy groups -OCH3 is 1. The Labute approximate surface area is 102 Å². The first kappa shape index (κ1) is 13.5. The van der Waals surface area contributed by atoms with Gasteiger partial charge in [0.05, 0.1) is 6.61 Å². The second kappa shape index (κ2) is 6.21. The highest BCUT2D eigenvalue weighted by Gasteiger charge is 2.07. The number of carbonyl (C=O) groups excluding carboxylic acids is 1. The fourth-order valence-electron chi connectivity index (χ4n) is 1.66. The third-order valence-electron chi connectivity index (χ3n) is 2.63. The summed E-state index contributed by atoms with van der Waals surface area (Å²) in [4.78, 5) is 11.9. The maximum Gasteiger partial charge on any atom is 0.251 e. The lowest BCUT2D eigenvalue weighted by Gasteiger charge is -2.07. The number of aryl methyl sites for hydroxylation is 1. The fourth-order valence-corrected chi connectivity index (χ4v) is 1.66. The Kier molecular flexibility index (Phi) is 4.91. The predicted octanol–water partition coefficient (Wildman–Crippen LogP) is 0.582. The number of amides is 1. The Morgan fingerprint density at radius 1 is 1.53 bits per heavy atom. The standard InChI is InChI=1S/C14H19NO2/c1-5-12-9-13(11(3)8-10(12)2)14(16)15-6-7-17-4/h5,8-9H,2,6-7H2,1,3-4H3,(H,15,16)/b12-5-. The first-order valence-electron chi connectivity index (χ1n) is 5.63. The van der Waals surface area contributed by atoms with Crippen molar-refractivity contribution in [1.29, 1.82) is 0 Å². The van der Waals surface area contributed by atoms with Crippen molar-refractivity contribution in [2.75, 3.05) is 20.3 Å². The molecule has 0 aliphatic carbocycles. The number of nitrogens with one attached hydrogen (secondary N) is 1. The summed E-state index contributed by atoms with van der Waals surface area (Å²) in [6.45, 7) is 8.84. The van der Waals surface area contributed by atoms with Crippen LogP contribution in [0.1, 0.15) is 22.8 Å². The molecule has 92 valence electrons. The van der Waals surface area contributed by atoms with Crippen LogP contribution in [0.25, 0.3) is 12.7 Å². The molecule has 0 unspecified atom stereocenters. The van der Waals surface area contributed by atoms with Gasteiger partial charge < -0.3 is 10.1 Å². The van der Waals surface area contributed by atoms with Crippen molar-refractivity contribution < 1.29 is 9.53 Å². The van der Waals surface area contributed by atoms with Crippen molar-refractivity contribution in [2.24, 2.45) is 0 Å². The molecule has 1 aromatic rings. The summed E-state index contributed by atoms with van der Waals surface area (Å²) >= 11 is 0. The minimum Gasteiger partial charge on any atom is -0.383 e. The molecule has 1 aromatic carbocycles. The summed E-state index contributed by atoms with van der Waals surface area (Å²) in [7, 11) is 1.61. The average molecular weight is 233 g/mol. The van der Waals surface area contributed by atoms with E-state index in [-0.39, 0.29) is 5.91 Å². The summed E-state index contributed by atoms with van der Waals surface area (Å²) in [5.74, 6) is -0.0670. The van der Waals surface area contributed by atoms with Gasteiger partial charge in [0.25, 0.3) is 5.91 Å². The molecule has 0 radical (unpaired) electrons. The van der Waals surface area contributed by atoms with Crippen LogP contribution in [0, 0.1) is 6.92 Å². The molecule has 3 heteroatoms. The van der Waals surface area contributed by atoms with Crippen LogP contribution in [-0.2, 0) is 4.74 Å². The number of hydrogen-bond acceptors (Lipinski definition) is 2. The van der Waals surface area contributed by atoms with Gasteiger partial charge in [0.2, 0.25) is 0 Å². The van der Waals surface area contributed by atoms with Gasteiger partial charge in [0.15, 0.2) is 0 Å². The zero-order valence-electron chi connectivity index (χ0n) is 10.7. The van der Waals surface area contributed by atoms with E-state index in [4.69, 9.17) is 4.74 Å². The minimum absolute atomic E-state index is 0.0670. The lowest BCUT2D eigenvalue weighted by molar-refractivity contribution is 0.0936. The third-order valence-corrected chi connectivity index (χ3v) is 2.63. The van der Waals surface area contributed by atoms with Crippen LogP contribution in [0.5, 0.6) is 0 Å². The zero-order valence-corrected chi connectivity index (χ0v) is 10.7. The highest BCUT2D eigenvalue weighted by atomic mass is 16.5. The molecule has 17 heavy (non-hydrogen) atoms. The van der Waals surface area contributed by atoms with E-state index in [0.717, 1.165) is 16.0 Å². The van der Waals surface area contributed by atoms with Gasteiger partial charge >= 0.3 is 0 Å². The molecule has 0 bridgehead atoms. The zero-order chi connectivity index (χ0) is 12.8. The Morgan fingerprint density at radius 3 is 2.82 bits per heavy atom. The molecule has 1 amide bonds. The smallest absolute Gasteiger partial charge is 0.251 e. The summed E-state index contributed by atoms with van der Waals surface area (Å²) in [5.41, 5.74) is 1.64. The van der Waals surface area contributed by atoms with Gasteiger partial charge in [-0.15, -0.1) is 0 Å². The van der Waals surface area contributed by atoms with E-state index in [2.05, 4.69) is 11.9 Å². The second-order valence-corrected chi connectivity index (χ2v) is 3.90. The molecule has 0 aromatic heterocycles. The van der Waals surface area contributed by atoms with Crippen LogP contribution in [0.3, 0.4) is 0 Å². The van der Waals surface area contributed by atoms with E-state index in [1.165, 1.54) is 0 Å². The predicted molar refractivity (Wildman–Crippen MR) is 70.3 cm³/mol. The number of carbonyl (C=O) groups is 1. The Bertz CT molecular complexity index is 506. The normalized spacial score (nSPS) is 11.6. The van der Waals surface area contributed by atoms with Crippen LogP contribution < -0.4 is 15.8 Å². The molecule has 0 atom stereocenters. The van der Waals surface area contributed by atoms with Gasteiger partial charge in [-0.3, -0.25) is 4.79 Å². The van der Waals surface area contributed by atoms with Crippen LogP contribution in [0.2, 0.25) is 0 Å². The van der Waals surface area contributed by atoms with E-state index >= 15 is 0 Å². The highest BCUT2D eigenvalue weighted by molar-refractivity contribution is 5.95. The van der Waals surface area contributed by atoms with Crippen molar-refractivity contribution in [3.63, 3.8) is 0 Å². The Hall–Kier alpha value is -1.61. The van der Waals surface area contributed by atoms with Gasteiger partial charge in [-0.2, -0.15) is 0 Å². The minimum atomic E-state index is -0.0670. The van der Waals surface area contributed by atoms with Crippen LogP contribution >= 0.6 is 0 Å². The maximum atomic E-state index is 11.9. The number of hydrogen-bond donors (Lipinski definition) is 1. The topological polar surface area (TPSA) is 38.3 Å². The number of rotatable bonds is 4. The second-order valence-electron chi connectivity index (χ2n) is 3.90. The van der Waals surface area contributed by atoms with E-state index in [9.17, 15) is 4.79 Å². The molecular formula is C14H19NO2. The van der Waals surface area contributed by atoms with Gasteiger partial charge in [-0.05, 0) is 35.9 Å². The molecule has 0 saturated heterocycles. The molecule has 0 saturated carbocycles. The van der Waals surface area contributed by atoms with E-state index in [1.807, 2.05) is 32.1 Å². The molecule has 0 spiro atoms. The Morgan fingerprint density at radius 2 is 2.24 bits per heavy atom. The van der Waals surface area contributed by atoms with Crippen molar-refractivity contribution in [1.82, 2.24) is 5.32 Å². The molecule has 0 aliphatic rings. The van der Waals surface area contributed by atoms with Crippen molar-refractivity contribution in [2.45, 2.75) is 13.8 Å². The van der Waals surface area contributed by atoms with Crippen molar-refractivity contribution in [3.05, 3.63) is 33.7 Å². The van der Waals surface area contributed by atoms with Crippen LogP contribution in [0.4, 0.5) is 0 Å².